The van der Waals surface area contributed by atoms with Gasteiger partial charge in [-0.1, -0.05) is 48.9 Å². The van der Waals surface area contributed by atoms with Crippen molar-refractivity contribution in [2.24, 2.45) is 5.92 Å². The molecule has 1 aromatic carbocycles. The maximum Gasteiger partial charge on any atom is 0.412 e. The molecule has 0 radical (unpaired) electrons. The minimum atomic E-state index is -0.492. The smallest absolute Gasteiger partial charge is 0.412 e. The standard InChI is InChI=1S/C23H35NO3/c1-5-26-21-20(16-10-9-15-19-13-7-6-8-14-19)17-11-12-18-24(21)22(25)27-23(2,3)4/h6-9,13-15,20-21H,5,10-12,16-18H2,1-4H3. The molecule has 0 saturated carbocycles. The van der Waals surface area contributed by atoms with Crippen LogP contribution in [0.25, 0.3) is 6.08 Å². The molecule has 1 saturated heterocycles. The summed E-state index contributed by atoms with van der Waals surface area (Å²) in [6.45, 7) is 9.01. The summed E-state index contributed by atoms with van der Waals surface area (Å²) >= 11 is 0. The molecule has 0 aromatic heterocycles. The van der Waals surface area contributed by atoms with Crippen molar-refractivity contribution in [1.82, 2.24) is 4.90 Å². The average Bonchev–Trinajstić information content (AvgIpc) is 2.81. The summed E-state index contributed by atoms with van der Waals surface area (Å²) in [7, 11) is 0. The zero-order valence-corrected chi connectivity index (χ0v) is 17.3. The second-order valence-electron chi connectivity index (χ2n) is 8.17. The van der Waals surface area contributed by atoms with Crippen LogP contribution < -0.4 is 0 Å². The molecule has 27 heavy (non-hydrogen) atoms. The van der Waals surface area contributed by atoms with Crippen LogP contribution in [0.4, 0.5) is 4.79 Å². The number of hydrogen-bond donors (Lipinski definition) is 0. The highest BCUT2D eigenvalue weighted by molar-refractivity contribution is 5.68. The van der Waals surface area contributed by atoms with Gasteiger partial charge < -0.3 is 9.47 Å². The van der Waals surface area contributed by atoms with Gasteiger partial charge in [0.25, 0.3) is 0 Å². The van der Waals surface area contributed by atoms with Crippen molar-refractivity contribution >= 4 is 12.2 Å². The van der Waals surface area contributed by atoms with E-state index in [1.165, 1.54) is 5.56 Å². The zero-order chi connectivity index (χ0) is 19.7. The predicted octanol–water partition coefficient (Wildman–Crippen LogP) is 5.88. The van der Waals surface area contributed by atoms with Gasteiger partial charge in [-0.3, -0.25) is 4.90 Å². The maximum atomic E-state index is 12.7. The quantitative estimate of drug-likeness (QED) is 0.625. The van der Waals surface area contributed by atoms with Crippen molar-refractivity contribution in [2.75, 3.05) is 13.2 Å². The number of rotatable bonds is 6. The molecule has 2 unspecified atom stereocenters. The number of hydrogen-bond acceptors (Lipinski definition) is 3. The monoisotopic (exact) mass is 373 g/mol. The number of nitrogens with zero attached hydrogens (tertiary/aromatic N) is 1. The first-order chi connectivity index (χ1) is 12.9. The molecular formula is C23H35NO3. The van der Waals surface area contributed by atoms with Crippen LogP contribution in [-0.2, 0) is 9.47 Å². The number of allylic oxidation sites excluding steroid dienone is 1. The van der Waals surface area contributed by atoms with Crippen LogP contribution >= 0.6 is 0 Å². The van der Waals surface area contributed by atoms with Crippen LogP contribution in [0.2, 0.25) is 0 Å². The van der Waals surface area contributed by atoms with Crippen LogP contribution in [0.3, 0.4) is 0 Å². The molecule has 1 aliphatic rings. The Labute approximate surface area is 164 Å². The van der Waals surface area contributed by atoms with Crippen LogP contribution in [0, 0.1) is 5.92 Å². The number of ether oxygens (including phenoxy) is 2. The van der Waals surface area contributed by atoms with E-state index < -0.39 is 5.60 Å². The van der Waals surface area contributed by atoms with E-state index in [2.05, 4.69) is 36.4 Å². The van der Waals surface area contributed by atoms with Gasteiger partial charge in [-0.2, -0.15) is 0 Å². The van der Waals surface area contributed by atoms with E-state index in [0.29, 0.717) is 19.1 Å². The molecule has 1 heterocycles. The normalized spacial score (nSPS) is 21.3. The van der Waals surface area contributed by atoms with E-state index in [1.54, 1.807) is 0 Å². The Morgan fingerprint density at radius 2 is 1.96 bits per heavy atom. The number of amides is 1. The molecule has 1 fully saturated rings. The minimum absolute atomic E-state index is 0.197. The fourth-order valence-corrected chi connectivity index (χ4v) is 3.51. The van der Waals surface area contributed by atoms with Gasteiger partial charge >= 0.3 is 6.09 Å². The SMILES string of the molecule is CCOC1C(CCC=Cc2ccccc2)CCCCN1C(=O)OC(C)(C)C. The first-order valence-corrected chi connectivity index (χ1v) is 10.2. The molecule has 4 nitrogen and oxygen atoms in total. The number of likely N-dealkylation sites (tertiary alicyclic amines) is 1. The number of benzene rings is 1. The van der Waals surface area contributed by atoms with Crippen LogP contribution in [0.5, 0.6) is 0 Å². The lowest BCUT2D eigenvalue weighted by Gasteiger charge is -2.35. The molecule has 2 rings (SSSR count). The van der Waals surface area contributed by atoms with E-state index >= 15 is 0 Å². The van der Waals surface area contributed by atoms with Crippen molar-refractivity contribution in [3.8, 4) is 0 Å². The Bertz CT molecular complexity index is 591. The van der Waals surface area contributed by atoms with E-state index in [0.717, 1.165) is 32.1 Å². The Morgan fingerprint density at radius 3 is 2.63 bits per heavy atom. The third kappa shape index (κ3) is 7.37. The molecule has 0 spiro atoms. The van der Waals surface area contributed by atoms with Gasteiger partial charge in [-0.05, 0) is 58.9 Å². The summed E-state index contributed by atoms with van der Waals surface area (Å²) in [5, 5.41) is 0. The topological polar surface area (TPSA) is 38.8 Å². The van der Waals surface area contributed by atoms with Gasteiger partial charge in [0.2, 0.25) is 0 Å². The molecular weight excluding hydrogens is 338 g/mol. The highest BCUT2D eigenvalue weighted by Gasteiger charge is 2.35. The first kappa shape index (κ1) is 21.5. The molecule has 2 atom stereocenters. The molecule has 1 aliphatic heterocycles. The van der Waals surface area contributed by atoms with Gasteiger partial charge in [-0.25, -0.2) is 4.79 Å². The fourth-order valence-electron chi connectivity index (χ4n) is 3.51. The average molecular weight is 374 g/mol. The van der Waals surface area contributed by atoms with Gasteiger partial charge in [0.05, 0.1) is 0 Å². The lowest BCUT2D eigenvalue weighted by Crippen LogP contribution is -2.47. The summed E-state index contributed by atoms with van der Waals surface area (Å²) in [6.07, 6.45) is 9.13. The molecule has 1 amide bonds. The summed E-state index contributed by atoms with van der Waals surface area (Å²) in [4.78, 5) is 14.5. The molecule has 150 valence electrons. The second kappa shape index (κ2) is 10.5. The number of carbonyl (C=O) groups excluding carboxylic acids is 1. The first-order valence-electron chi connectivity index (χ1n) is 10.2. The lowest BCUT2D eigenvalue weighted by atomic mass is 9.95. The van der Waals surface area contributed by atoms with Crippen molar-refractivity contribution < 1.29 is 14.3 Å². The van der Waals surface area contributed by atoms with Gasteiger partial charge in [0.1, 0.15) is 11.8 Å². The van der Waals surface area contributed by atoms with E-state index in [-0.39, 0.29) is 12.3 Å². The molecule has 1 aromatic rings. The molecule has 0 aliphatic carbocycles. The van der Waals surface area contributed by atoms with E-state index in [1.807, 2.05) is 38.7 Å². The highest BCUT2D eigenvalue weighted by Crippen LogP contribution is 2.29. The fraction of sp³-hybridized carbons (Fsp3) is 0.609. The van der Waals surface area contributed by atoms with Gasteiger partial charge in [0, 0.05) is 19.1 Å². The van der Waals surface area contributed by atoms with Gasteiger partial charge in [-0.15, -0.1) is 0 Å². The third-order valence-corrected chi connectivity index (χ3v) is 4.71. The van der Waals surface area contributed by atoms with E-state index in [4.69, 9.17) is 9.47 Å². The summed E-state index contributed by atoms with van der Waals surface area (Å²) in [5.74, 6) is 0.334. The van der Waals surface area contributed by atoms with Crippen LogP contribution in [-0.4, -0.2) is 36.0 Å². The lowest BCUT2D eigenvalue weighted by molar-refractivity contribution is -0.0886. The van der Waals surface area contributed by atoms with E-state index in [9.17, 15) is 4.79 Å². The number of carbonyl (C=O) groups is 1. The maximum absolute atomic E-state index is 12.7. The summed E-state index contributed by atoms with van der Waals surface area (Å²) in [6, 6.07) is 10.3. The van der Waals surface area contributed by atoms with Crippen molar-refractivity contribution in [3.63, 3.8) is 0 Å². The van der Waals surface area contributed by atoms with Gasteiger partial charge in [0.15, 0.2) is 0 Å². The summed E-state index contributed by atoms with van der Waals surface area (Å²) < 4.78 is 11.7. The van der Waals surface area contributed by atoms with Crippen molar-refractivity contribution in [2.45, 2.75) is 71.6 Å². The Kier molecular flexibility index (Phi) is 8.36. The second-order valence-corrected chi connectivity index (χ2v) is 8.17. The molecule has 0 bridgehead atoms. The van der Waals surface area contributed by atoms with Crippen LogP contribution in [0.15, 0.2) is 36.4 Å². The molecule has 4 heteroatoms. The Hall–Kier alpha value is -1.81. The Balaban J connectivity index is 2.01. The molecule has 0 N–H and O–H groups in total. The van der Waals surface area contributed by atoms with Crippen molar-refractivity contribution in [3.05, 3.63) is 42.0 Å². The third-order valence-electron chi connectivity index (χ3n) is 4.71. The highest BCUT2D eigenvalue weighted by atomic mass is 16.6. The van der Waals surface area contributed by atoms with Crippen LogP contribution in [0.1, 0.15) is 65.4 Å². The Morgan fingerprint density at radius 1 is 1.22 bits per heavy atom. The predicted molar refractivity (Wildman–Crippen MR) is 110 cm³/mol. The largest absolute Gasteiger partial charge is 0.444 e. The minimum Gasteiger partial charge on any atom is -0.444 e. The summed E-state index contributed by atoms with van der Waals surface area (Å²) in [5.41, 5.74) is 0.726. The zero-order valence-electron chi connectivity index (χ0n) is 17.3. The van der Waals surface area contributed by atoms with Crippen molar-refractivity contribution in [1.29, 1.82) is 0 Å².